The average molecular weight is 269 g/mol. The van der Waals surface area contributed by atoms with E-state index in [2.05, 4.69) is 22.1 Å². The highest BCUT2D eigenvalue weighted by Gasteiger charge is 2.52. The first kappa shape index (κ1) is 12.5. The van der Waals surface area contributed by atoms with E-state index < -0.39 is 0 Å². The fourth-order valence-corrected chi connectivity index (χ4v) is 5.34. The molecule has 5 rings (SSSR count). The molecule has 0 amide bonds. The minimum atomic E-state index is 0.346. The van der Waals surface area contributed by atoms with Crippen molar-refractivity contribution in [2.45, 2.75) is 50.6 Å². The van der Waals surface area contributed by atoms with E-state index in [-0.39, 0.29) is 0 Å². The van der Waals surface area contributed by atoms with Crippen LogP contribution >= 0.6 is 0 Å². The van der Waals surface area contributed by atoms with Crippen molar-refractivity contribution in [3.8, 4) is 12.3 Å². The summed E-state index contributed by atoms with van der Waals surface area (Å²) in [6, 6.07) is 0. The zero-order chi connectivity index (χ0) is 13.6. The minimum Gasteiger partial charge on any atom is -0.302 e. The molecule has 1 N–H and O–H groups in total. The third-order valence-corrected chi connectivity index (χ3v) is 5.68. The Labute approximate surface area is 121 Å². The molecule has 4 saturated carbocycles. The maximum absolute atomic E-state index is 5.27. The van der Waals surface area contributed by atoms with Crippen molar-refractivity contribution in [2.75, 3.05) is 6.54 Å². The van der Waals surface area contributed by atoms with Crippen molar-refractivity contribution in [2.24, 2.45) is 17.8 Å². The molecule has 4 aliphatic rings. The second-order valence-electron chi connectivity index (χ2n) is 7.24. The molecule has 1 aromatic heterocycles. The van der Waals surface area contributed by atoms with E-state index in [9.17, 15) is 0 Å². The van der Waals surface area contributed by atoms with Crippen molar-refractivity contribution in [3.63, 3.8) is 0 Å². The number of hydrogen-bond acceptors (Lipinski definition) is 2. The third-order valence-electron chi connectivity index (χ3n) is 5.68. The lowest BCUT2D eigenvalue weighted by Crippen LogP contribution is -2.52. The van der Waals surface area contributed by atoms with Crippen LogP contribution in [-0.2, 0) is 12.1 Å². The van der Waals surface area contributed by atoms with Crippen LogP contribution in [0.15, 0.2) is 12.4 Å². The van der Waals surface area contributed by atoms with E-state index in [1.165, 1.54) is 44.1 Å². The van der Waals surface area contributed by atoms with Crippen LogP contribution in [0, 0.1) is 30.1 Å². The Bertz CT molecular complexity index is 501. The van der Waals surface area contributed by atoms with Gasteiger partial charge in [0.25, 0.3) is 0 Å². The summed E-state index contributed by atoms with van der Waals surface area (Å²) in [7, 11) is 0. The molecule has 4 fully saturated rings. The van der Waals surface area contributed by atoms with Crippen molar-refractivity contribution >= 4 is 0 Å². The fraction of sp³-hybridized carbons (Fsp3) is 0.706. The summed E-state index contributed by atoms with van der Waals surface area (Å²) in [4.78, 5) is 0. The first-order valence-corrected chi connectivity index (χ1v) is 7.96. The maximum Gasteiger partial charge on any atom is 0.0635 e. The number of nitrogens with one attached hydrogen (secondary N) is 1. The van der Waals surface area contributed by atoms with Gasteiger partial charge in [-0.15, -0.1) is 6.42 Å². The van der Waals surface area contributed by atoms with E-state index in [1.54, 1.807) is 0 Å². The van der Waals surface area contributed by atoms with Gasteiger partial charge in [0.1, 0.15) is 0 Å². The van der Waals surface area contributed by atoms with Gasteiger partial charge in [-0.05, 0) is 56.3 Å². The molecular formula is C17H23N3. The molecule has 1 heterocycles. The largest absolute Gasteiger partial charge is 0.302 e. The summed E-state index contributed by atoms with van der Waals surface area (Å²) in [5.41, 5.74) is 1.61. The van der Waals surface area contributed by atoms with Gasteiger partial charge in [-0.25, -0.2) is 0 Å². The van der Waals surface area contributed by atoms with E-state index in [1.807, 2.05) is 6.20 Å². The predicted molar refractivity (Wildman–Crippen MR) is 78.9 cm³/mol. The first-order valence-electron chi connectivity index (χ1n) is 7.96. The van der Waals surface area contributed by atoms with Gasteiger partial charge >= 0.3 is 0 Å². The number of rotatable bonds is 4. The smallest absolute Gasteiger partial charge is 0.0635 e. The molecule has 0 atom stereocenters. The molecule has 4 aliphatic carbocycles. The van der Waals surface area contributed by atoms with Crippen LogP contribution in [0.1, 0.15) is 44.1 Å². The Morgan fingerprint density at radius 1 is 1.25 bits per heavy atom. The fourth-order valence-electron chi connectivity index (χ4n) is 5.34. The van der Waals surface area contributed by atoms with E-state index >= 15 is 0 Å². The molecule has 0 aromatic carbocycles. The molecular weight excluding hydrogens is 246 g/mol. The van der Waals surface area contributed by atoms with Crippen LogP contribution in [0.3, 0.4) is 0 Å². The summed E-state index contributed by atoms with van der Waals surface area (Å²) in [5.74, 6) is 5.51. The van der Waals surface area contributed by atoms with Crippen molar-refractivity contribution in [1.82, 2.24) is 15.1 Å². The molecule has 0 radical (unpaired) electrons. The normalized spacial score (nSPS) is 38.0. The minimum absolute atomic E-state index is 0.346. The van der Waals surface area contributed by atoms with Crippen LogP contribution in [0.4, 0.5) is 0 Å². The molecule has 3 heteroatoms. The lowest BCUT2D eigenvalue weighted by Gasteiger charge is -2.56. The molecule has 0 saturated heterocycles. The first-order chi connectivity index (χ1) is 9.77. The van der Waals surface area contributed by atoms with Gasteiger partial charge in [-0.3, -0.25) is 4.68 Å². The lowest BCUT2D eigenvalue weighted by molar-refractivity contribution is -0.0494. The number of aromatic nitrogens is 2. The van der Waals surface area contributed by atoms with Gasteiger partial charge in [0, 0.05) is 18.3 Å². The zero-order valence-corrected chi connectivity index (χ0v) is 12.0. The Balaban J connectivity index is 1.54. The maximum atomic E-state index is 5.27. The third kappa shape index (κ3) is 1.98. The van der Waals surface area contributed by atoms with Gasteiger partial charge in [-0.1, -0.05) is 5.92 Å². The molecule has 106 valence electrons. The summed E-state index contributed by atoms with van der Waals surface area (Å²) in [5, 5.41) is 7.96. The van der Waals surface area contributed by atoms with Crippen LogP contribution in [0.25, 0.3) is 0 Å². The second kappa shape index (κ2) is 4.63. The molecule has 20 heavy (non-hydrogen) atoms. The summed E-state index contributed by atoms with van der Waals surface area (Å²) >= 11 is 0. The van der Waals surface area contributed by atoms with Gasteiger partial charge in [0.15, 0.2) is 0 Å². The highest BCUT2D eigenvalue weighted by molar-refractivity contribution is 5.10. The highest BCUT2D eigenvalue weighted by atomic mass is 15.3. The Morgan fingerprint density at radius 3 is 2.50 bits per heavy atom. The van der Waals surface area contributed by atoms with Gasteiger partial charge in [0.2, 0.25) is 0 Å². The molecule has 4 bridgehead atoms. The summed E-state index contributed by atoms with van der Waals surface area (Å²) in [6.07, 6.45) is 18.1. The Morgan fingerprint density at radius 2 is 1.90 bits per heavy atom. The molecule has 0 aliphatic heterocycles. The standard InChI is InChI=1S/C17H23N3/c1-2-3-18-10-16-11-19-20(12-16)17-7-13-4-14(8-17)6-15(5-13)9-17/h1,11-15,18H,3-10H2. The monoisotopic (exact) mass is 269 g/mol. The van der Waals surface area contributed by atoms with Gasteiger partial charge in [-0.2, -0.15) is 5.10 Å². The SMILES string of the molecule is C#CCNCc1cnn(C23CC4CC(CC(C4)C2)C3)c1. The summed E-state index contributed by atoms with van der Waals surface area (Å²) in [6.45, 7) is 1.46. The van der Waals surface area contributed by atoms with E-state index in [4.69, 9.17) is 11.5 Å². The molecule has 3 nitrogen and oxygen atoms in total. The van der Waals surface area contributed by atoms with Crippen LogP contribution in [0.5, 0.6) is 0 Å². The molecule has 1 aromatic rings. The van der Waals surface area contributed by atoms with Crippen molar-refractivity contribution in [3.05, 3.63) is 18.0 Å². The van der Waals surface area contributed by atoms with E-state index in [0.29, 0.717) is 12.1 Å². The Hall–Kier alpha value is -1.27. The topological polar surface area (TPSA) is 29.9 Å². The van der Waals surface area contributed by atoms with Crippen LogP contribution in [0.2, 0.25) is 0 Å². The lowest BCUT2D eigenvalue weighted by atomic mass is 9.53. The Kier molecular flexibility index (Phi) is 2.89. The quantitative estimate of drug-likeness (QED) is 0.672. The van der Waals surface area contributed by atoms with Crippen molar-refractivity contribution in [1.29, 1.82) is 0 Å². The zero-order valence-electron chi connectivity index (χ0n) is 12.0. The van der Waals surface area contributed by atoms with Gasteiger partial charge < -0.3 is 5.32 Å². The number of hydrogen-bond donors (Lipinski definition) is 1. The van der Waals surface area contributed by atoms with Crippen LogP contribution in [-0.4, -0.2) is 16.3 Å². The van der Waals surface area contributed by atoms with Crippen LogP contribution < -0.4 is 5.32 Å². The highest BCUT2D eigenvalue weighted by Crippen LogP contribution is 2.58. The van der Waals surface area contributed by atoms with Crippen molar-refractivity contribution < 1.29 is 0 Å². The summed E-state index contributed by atoms with van der Waals surface area (Å²) < 4.78 is 2.31. The number of terminal acetylenes is 1. The average Bonchev–Trinajstić information content (AvgIpc) is 2.87. The predicted octanol–water partition coefficient (Wildman–Crippen LogP) is 2.53. The molecule has 0 spiro atoms. The number of nitrogens with zero attached hydrogens (tertiary/aromatic N) is 2. The molecule has 0 unspecified atom stereocenters. The van der Waals surface area contributed by atoms with Gasteiger partial charge in [0.05, 0.1) is 18.3 Å². The second-order valence-corrected chi connectivity index (χ2v) is 7.24. The van der Waals surface area contributed by atoms with E-state index in [0.717, 1.165) is 24.3 Å².